The molecule has 1 aromatic heterocycles. The van der Waals surface area contributed by atoms with E-state index in [1.807, 2.05) is 20.8 Å². The number of carbonyl (C=O) groups is 4. The fraction of sp³-hybridized carbons (Fsp3) is 0.583. The molecule has 2 amide bonds. The molecule has 49 heavy (non-hydrogen) atoms. The highest BCUT2D eigenvalue weighted by Crippen LogP contribution is 2.46. The Labute approximate surface area is 293 Å². The van der Waals surface area contributed by atoms with Crippen LogP contribution in [0.5, 0.6) is 5.75 Å². The average Bonchev–Trinajstić information content (AvgIpc) is 3.91. The summed E-state index contributed by atoms with van der Waals surface area (Å²) >= 11 is 6.18. The maximum atomic E-state index is 14.5. The topological polar surface area (TPSA) is 149 Å². The van der Waals surface area contributed by atoms with Crippen LogP contribution in [0.15, 0.2) is 43.1 Å². The predicted molar refractivity (Wildman–Crippen MR) is 186 cm³/mol. The number of aromatic nitrogens is 1. The standard InChI is InChI=1S/C36H46ClN3O8S/c1-8-21-18-36(21,30(41)20-49(45,46)24-10-11-24)39-32(43)28-16-23(47-29-13-14-38-27-15-22(37)9-12-25(27)29)19-40(28)33(44)26(34(2,3)4)17-31(42)48-35(5,6)7/h8-9,12-15,21,23-24,26,28H,1,10-11,16-20H2,2-7H3,(H,39,43)/t21-,23-,26-,28+,36-/m1/s1. The first-order chi connectivity index (χ1) is 22.7. The number of likely N-dealkylation sites (tertiary alicyclic amines) is 1. The molecular formula is C36H46ClN3O8S. The van der Waals surface area contributed by atoms with Gasteiger partial charge in [-0.3, -0.25) is 24.2 Å². The van der Waals surface area contributed by atoms with Gasteiger partial charge < -0.3 is 19.7 Å². The molecule has 3 aliphatic rings. The van der Waals surface area contributed by atoms with E-state index in [1.165, 1.54) is 4.90 Å². The Hall–Kier alpha value is -3.51. The van der Waals surface area contributed by atoms with Crippen LogP contribution in [-0.2, 0) is 33.8 Å². The van der Waals surface area contributed by atoms with Crippen molar-refractivity contribution in [2.45, 2.75) is 102 Å². The third-order valence-electron chi connectivity index (χ3n) is 9.45. The van der Waals surface area contributed by atoms with Crippen molar-refractivity contribution >= 4 is 55.9 Å². The Morgan fingerprint density at radius 1 is 1.14 bits per heavy atom. The summed E-state index contributed by atoms with van der Waals surface area (Å²) in [7, 11) is -3.63. The molecule has 0 unspecified atom stereocenters. The molecule has 2 heterocycles. The maximum absolute atomic E-state index is 14.5. The minimum absolute atomic E-state index is 0.0249. The Balaban J connectivity index is 1.44. The second-order valence-electron chi connectivity index (χ2n) is 15.6. The van der Waals surface area contributed by atoms with Crippen LogP contribution in [-0.4, -0.2) is 82.7 Å². The number of amides is 2. The van der Waals surface area contributed by atoms with Crippen LogP contribution < -0.4 is 10.1 Å². The number of Topliss-reactive ketones (excluding diaryl/α,β-unsaturated/α-hetero) is 1. The van der Waals surface area contributed by atoms with Gasteiger partial charge in [0, 0.05) is 28.9 Å². The van der Waals surface area contributed by atoms with Crippen molar-refractivity contribution in [3.8, 4) is 5.75 Å². The molecule has 13 heteroatoms. The van der Waals surface area contributed by atoms with Crippen molar-refractivity contribution in [3.05, 3.63) is 48.1 Å². The van der Waals surface area contributed by atoms with E-state index in [4.69, 9.17) is 21.1 Å². The van der Waals surface area contributed by atoms with Gasteiger partial charge in [-0.15, -0.1) is 6.58 Å². The molecule has 0 spiro atoms. The van der Waals surface area contributed by atoms with Crippen LogP contribution in [0.4, 0.5) is 0 Å². The zero-order chi connectivity index (χ0) is 36.1. The molecule has 5 atom stereocenters. The number of hydrogen-bond donors (Lipinski definition) is 1. The summed E-state index contributed by atoms with van der Waals surface area (Å²) in [5.74, 6) is -3.61. The van der Waals surface area contributed by atoms with Gasteiger partial charge in [-0.05, 0) is 69.7 Å². The van der Waals surface area contributed by atoms with Crippen LogP contribution in [0.3, 0.4) is 0 Å². The number of sulfone groups is 1. The zero-order valence-electron chi connectivity index (χ0n) is 29.0. The Morgan fingerprint density at radius 3 is 2.43 bits per heavy atom. The lowest BCUT2D eigenvalue weighted by Crippen LogP contribution is -2.55. The number of nitrogens with zero attached hydrogens (tertiary/aromatic N) is 2. The number of nitrogens with one attached hydrogen (secondary N) is 1. The van der Waals surface area contributed by atoms with E-state index in [1.54, 1.807) is 57.3 Å². The first-order valence-corrected chi connectivity index (χ1v) is 18.8. The van der Waals surface area contributed by atoms with Crippen molar-refractivity contribution in [2.24, 2.45) is 17.3 Å². The van der Waals surface area contributed by atoms with Crippen molar-refractivity contribution < 1.29 is 37.1 Å². The van der Waals surface area contributed by atoms with Crippen molar-refractivity contribution in [3.63, 3.8) is 0 Å². The van der Waals surface area contributed by atoms with E-state index in [0.29, 0.717) is 34.5 Å². The van der Waals surface area contributed by atoms with Crippen LogP contribution in [0.2, 0.25) is 5.02 Å². The fourth-order valence-electron chi connectivity index (χ4n) is 6.53. The molecule has 2 aliphatic carbocycles. The van der Waals surface area contributed by atoms with Gasteiger partial charge in [-0.25, -0.2) is 8.42 Å². The number of benzene rings is 1. The lowest BCUT2D eigenvalue weighted by Gasteiger charge is -2.35. The maximum Gasteiger partial charge on any atom is 0.307 e. The van der Waals surface area contributed by atoms with Crippen molar-refractivity contribution in [2.75, 3.05) is 12.3 Å². The first-order valence-electron chi connectivity index (χ1n) is 16.7. The molecule has 11 nitrogen and oxygen atoms in total. The Morgan fingerprint density at radius 2 is 1.84 bits per heavy atom. The van der Waals surface area contributed by atoms with E-state index in [9.17, 15) is 27.6 Å². The summed E-state index contributed by atoms with van der Waals surface area (Å²) in [6.07, 6.45) is 3.64. The third kappa shape index (κ3) is 8.28. The third-order valence-corrected chi connectivity index (χ3v) is 11.8. The summed E-state index contributed by atoms with van der Waals surface area (Å²) in [5.41, 5.74) is -2.25. The number of ether oxygens (including phenoxy) is 2. The molecule has 5 rings (SSSR count). The van der Waals surface area contributed by atoms with Gasteiger partial charge in [0.15, 0.2) is 15.6 Å². The highest BCUT2D eigenvalue weighted by Gasteiger charge is 2.61. The summed E-state index contributed by atoms with van der Waals surface area (Å²) in [6, 6.07) is 5.84. The molecule has 1 saturated heterocycles. The van der Waals surface area contributed by atoms with Crippen LogP contribution in [0.25, 0.3) is 10.9 Å². The second kappa shape index (κ2) is 13.3. The molecular weight excluding hydrogens is 670 g/mol. The van der Waals surface area contributed by atoms with E-state index in [0.717, 1.165) is 0 Å². The van der Waals surface area contributed by atoms with Gasteiger partial charge in [-0.2, -0.15) is 0 Å². The molecule has 2 saturated carbocycles. The molecule has 1 aromatic carbocycles. The van der Waals surface area contributed by atoms with E-state index < -0.39 is 84.9 Å². The van der Waals surface area contributed by atoms with Gasteiger partial charge in [0.25, 0.3) is 0 Å². The minimum atomic E-state index is -3.63. The molecule has 2 aromatic rings. The zero-order valence-corrected chi connectivity index (χ0v) is 30.5. The molecule has 0 bridgehead atoms. The number of carbonyl (C=O) groups excluding carboxylic acids is 4. The number of ketones is 1. The van der Waals surface area contributed by atoms with E-state index in [-0.39, 0.29) is 25.8 Å². The van der Waals surface area contributed by atoms with Crippen LogP contribution in [0, 0.1) is 17.3 Å². The number of rotatable bonds is 12. The van der Waals surface area contributed by atoms with Gasteiger partial charge in [-0.1, -0.05) is 38.4 Å². The monoisotopic (exact) mass is 715 g/mol. The van der Waals surface area contributed by atoms with Gasteiger partial charge >= 0.3 is 5.97 Å². The largest absolute Gasteiger partial charge is 0.488 e. The number of fused-ring (bicyclic) bond motifs is 1. The lowest BCUT2D eigenvalue weighted by molar-refractivity contribution is -0.161. The number of esters is 1. The van der Waals surface area contributed by atoms with Crippen molar-refractivity contribution in [1.29, 1.82) is 0 Å². The SMILES string of the molecule is C=C[C@@H]1C[C@]1(NC(=O)[C@@H]1C[C@@H](Oc2ccnc3cc(Cl)ccc23)CN1C(=O)[C@@H](CC(=O)OC(C)(C)C)C(C)(C)C)C(=O)CS(=O)(=O)C1CC1. The highest BCUT2D eigenvalue weighted by molar-refractivity contribution is 7.93. The molecule has 1 N–H and O–H groups in total. The van der Waals surface area contributed by atoms with Crippen molar-refractivity contribution in [1.82, 2.24) is 15.2 Å². The molecule has 3 fully saturated rings. The quantitative estimate of drug-likeness (QED) is 0.241. The Kier molecular flexibility index (Phi) is 9.99. The Bertz CT molecular complexity index is 1780. The molecule has 0 radical (unpaired) electrons. The number of hydrogen-bond acceptors (Lipinski definition) is 9. The summed E-state index contributed by atoms with van der Waals surface area (Å²) in [4.78, 5) is 61.0. The second-order valence-corrected chi connectivity index (χ2v) is 18.3. The number of pyridine rings is 1. The van der Waals surface area contributed by atoms with E-state index >= 15 is 0 Å². The fourth-order valence-corrected chi connectivity index (χ4v) is 8.41. The first kappa shape index (κ1) is 36.8. The predicted octanol–water partition coefficient (Wildman–Crippen LogP) is 4.84. The van der Waals surface area contributed by atoms with Gasteiger partial charge in [0.2, 0.25) is 11.8 Å². The van der Waals surface area contributed by atoms with Gasteiger partial charge in [0.1, 0.15) is 34.8 Å². The lowest BCUT2D eigenvalue weighted by atomic mass is 9.77. The number of halogens is 1. The highest BCUT2D eigenvalue weighted by atomic mass is 35.5. The summed E-state index contributed by atoms with van der Waals surface area (Å²) in [6.45, 7) is 14.6. The molecule has 1 aliphatic heterocycles. The normalized spacial score (nSPS) is 24.6. The van der Waals surface area contributed by atoms with E-state index in [2.05, 4.69) is 16.9 Å². The summed E-state index contributed by atoms with van der Waals surface area (Å²) < 4.78 is 37.5. The molecule has 266 valence electrons. The van der Waals surface area contributed by atoms with Crippen LogP contribution in [0.1, 0.15) is 73.6 Å². The average molecular weight is 716 g/mol. The smallest absolute Gasteiger partial charge is 0.307 e. The minimum Gasteiger partial charge on any atom is -0.488 e. The van der Waals surface area contributed by atoms with Gasteiger partial charge in [0.05, 0.1) is 29.7 Å². The van der Waals surface area contributed by atoms with Crippen LogP contribution >= 0.6 is 11.6 Å². The summed E-state index contributed by atoms with van der Waals surface area (Å²) in [5, 5.41) is 3.54.